The highest BCUT2D eigenvalue weighted by Crippen LogP contribution is 2.25. The highest BCUT2D eigenvalue weighted by molar-refractivity contribution is 8.15. The van der Waals surface area contributed by atoms with Gasteiger partial charge in [0.2, 0.25) is 11.7 Å². The van der Waals surface area contributed by atoms with Crippen LogP contribution in [-0.2, 0) is 11.3 Å². The van der Waals surface area contributed by atoms with Gasteiger partial charge in [-0.05, 0) is 54.3 Å². The summed E-state index contributed by atoms with van der Waals surface area (Å²) in [6, 6.07) is 12.5. The highest BCUT2D eigenvalue weighted by atomic mass is 32.2. The lowest BCUT2D eigenvalue weighted by atomic mass is 10.1. The van der Waals surface area contributed by atoms with Crippen LogP contribution in [-0.4, -0.2) is 52.1 Å². The number of aliphatic hydroxyl groups excluding tert-OH is 1. The Kier molecular flexibility index (Phi) is 8.72. The minimum Gasteiger partial charge on any atom is -0.490 e. The van der Waals surface area contributed by atoms with Crippen LogP contribution >= 0.6 is 11.8 Å². The van der Waals surface area contributed by atoms with Crippen molar-refractivity contribution in [3.63, 3.8) is 0 Å². The van der Waals surface area contributed by atoms with E-state index in [1.165, 1.54) is 18.9 Å². The van der Waals surface area contributed by atoms with E-state index >= 15 is 0 Å². The number of thioether (sulfide) groups is 1. The van der Waals surface area contributed by atoms with Gasteiger partial charge >= 0.3 is 6.09 Å². The summed E-state index contributed by atoms with van der Waals surface area (Å²) in [5.74, 6) is 1.47. The number of carbonyl (C=O) groups excluding carboxylic acids is 1. The number of amides is 1. The molecule has 0 fully saturated rings. The molecule has 2 aromatic carbocycles. The van der Waals surface area contributed by atoms with Gasteiger partial charge in [-0.25, -0.2) is 9.79 Å². The van der Waals surface area contributed by atoms with Crippen molar-refractivity contribution in [3.8, 4) is 17.1 Å². The zero-order valence-corrected chi connectivity index (χ0v) is 19.8. The minimum atomic E-state index is -0.749. The lowest BCUT2D eigenvalue weighted by Gasteiger charge is -2.13. The predicted molar refractivity (Wildman–Crippen MR) is 132 cm³/mol. The normalized spacial score (nSPS) is 11.9. The van der Waals surface area contributed by atoms with Gasteiger partial charge in [0.05, 0.1) is 19.4 Å². The molecule has 9 nitrogen and oxygen atoms in total. The van der Waals surface area contributed by atoms with Crippen molar-refractivity contribution < 1.29 is 23.9 Å². The van der Waals surface area contributed by atoms with E-state index in [-0.39, 0.29) is 6.61 Å². The smallest absolute Gasteiger partial charge is 0.434 e. The number of benzene rings is 2. The number of nitrogens with zero attached hydrogens (tertiary/aromatic N) is 4. The third-order valence-corrected chi connectivity index (χ3v) is 5.12. The summed E-state index contributed by atoms with van der Waals surface area (Å²) in [5.41, 5.74) is 3.02. The quantitative estimate of drug-likeness (QED) is 0.279. The zero-order chi connectivity index (χ0) is 24.5. The Morgan fingerprint density at radius 1 is 1.26 bits per heavy atom. The van der Waals surface area contributed by atoms with Gasteiger partial charge in [0.25, 0.3) is 0 Å². The number of aliphatic imine (C=N–C) groups is 2. The number of hydrogen-bond acceptors (Lipinski definition) is 9. The van der Waals surface area contributed by atoms with Crippen LogP contribution in [0.2, 0.25) is 0 Å². The number of rotatable bonds is 8. The van der Waals surface area contributed by atoms with E-state index in [9.17, 15) is 9.90 Å². The van der Waals surface area contributed by atoms with Crippen LogP contribution in [0, 0.1) is 6.92 Å². The predicted octanol–water partition coefficient (Wildman–Crippen LogP) is 4.75. The first-order valence-corrected chi connectivity index (χ1v) is 11.4. The van der Waals surface area contributed by atoms with E-state index in [1.54, 1.807) is 49.6 Å². The first-order valence-electron chi connectivity index (χ1n) is 10.2. The fourth-order valence-electron chi connectivity index (χ4n) is 2.92. The third-order valence-electron chi connectivity index (χ3n) is 4.45. The Bertz CT molecular complexity index is 1220. The van der Waals surface area contributed by atoms with E-state index in [1.807, 2.05) is 12.1 Å². The zero-order valence-electron chi connectivity index (χ0n) is 19.0. The number of aromatic nitrogens is 2. The van der Waals surface area contributed by atoms with E-state index in [0.717, 1.165) is 5.56 Å². The van der Waals surface area contributed by atoms with Gasteiger partial charge in [0.1, 0.15) is 23.1 Å². The molecule has 0 bridgehead atoms. The highest BCUT2D eigenvalue weighted by Gasteiger charge is 2.17. The van der Waals surface area contributed by atoms with Crippen molar-refractivity contribution in [2.24, 2.45) is 9.98 Å². The van der Waals surface area contributed by atoms with Gasteiger partial charge in [0.15, 0.2) is 0 Å². The number of aryl methyl sites for hydroxylation is 1. The van der Waals surface area contributed by atoms with Gasteiger partial charge < -0.3 is 19.1 Å². The molecule has 1 aromatic heterocycles. The summed E-state index contributed by atoms with van der Waals surface area (Å²) in [5, 5.41) is 14.0. The third kappa shape index (κ3) is 6.40. The molecule has 34 heavy (non-hydrogen) atoms. The Morgan fingerprint density at radius 2 is 2.03 bits per heavy atom. The molecule has 0 aliphatic carbocycles. The molecule has 0 aliphatic rings. The molecule has 3 rings (SSSR count). The Balaban J connectivity index is 2.10. The fourth-order valence-corrected chi connectivity index (χ4v) is 3.44. The van der Waals surface area contributed by atoms with Crippen LogP contribution in [0.4, 0.5) is 10.5 Å². The van der Waals surface area contributed by atoms with Crippen LogP contribution < -0.4 is 4.74 Å². The topological polar surface area (TPSA) is 119 Å². The maximum Gasteiger partial charge on any atom is 0.434 e. The van der Waals surface area contributed by atoms with E-state index < -0.39 is 6.09 Å². The van der Waals surface area contributed by atoms with Crippen molar-refractivity contribution in [2.45, 2.75) is 13.5 Å². The molecule has 0 radical (unpaired) electrons. The second kappa shape index (κ2) is 11.9. The molecule has 0 unspecified atom stereocenters. The number of ether oxygens (including phenoxy) is 2. The molecule has 10 heteroatoms. The molecular weight excluding hydrogens is 456 g/mol. The van der Waals surface area contributed by atoms with Crippen molar-refractivity contribution in [3.05, 3.63) is 72.1 Å². The molecule has 0 atom stereocenters. The molecule has 0 aliphatic heterocycles. The van der Waals surface area contributed by atoms with Crippen molar-refractivity contribution in [1.82, 2.24) is 10.1 Å². The number of aliphatic hydroxyl groups is 1. The second-order valence-electron chi connectivity index (χ2n) is 6.86. The lowest BCUT2D eigenvalue weighted by Crippen LogP contribution is -2.15. The average molecular weight is 481 g/mol. The molecule has 0 saturated heterocycles. The molecule has 0 spiro atoms. The summed E-state index contributed by atoms with van der Waals surface area (Å²) in [4.78, 5) is 24.9. The van der Waals surface area contributed by atoms with Gasteiger partial charge in [-0.1, -0.05) is 17.8 Å². The Morgan fingerprint density at radius 3 is 2.62 bits per heavy atom. The van der Waals surface area contributed by atoms with E-state index in [2.05, 4.69) is 21.7 Å². The molecule has 1 amide bonds. The van der Waals surface area contributed by atoms with Crippen molar-refractivity contribution in [1.29, 1.82) is 0 Å². The summed E-state index contributed by atoms with van der Waals surface area (Å²) in [7, 11) is 1.26. The molecule has 3 aromatic rings. The first kappa shape index (κ1) is 24.9. The summed E-state index contributed by atoms with van der Waals surface area (Å²) in [6.45, 7) is 5.47. The summed E-state index contributed by atoms with van der Waals surface area (Å²) < 4.78 is 15.4. The van der Waals surface area contributed by atoms with Gasteiger partial charge in [-0.3, -0.25) is 0 Å². The van der Waals surface area contributed by atoms with Crippen molar-refractivity contribution >= 4 is 34.3 Å². The molecule has 1 heterocycles. The molecule has 1 N–H and O–H groups in total. The van der Waals surface area contributed by atoms with Gasteiger partial charge in [-0.2, -0.15) is 9.98 Å². The van der Waals surface area contributed by atoms with Crippen molar-refractivity contribution in [2.75, 3.05) is 20.0 Å². The van der Waals surface area contributed by atoms with Crippen LogP contribution in [0.5, 0.6) is 5.75 Å². The van der Waals surface area contributed by atoms with Crippen LogP contribution in [0.15, 0.2) is 69.6 Å². The summed E-state index contributed by atoms with van der Waals surface area (Å²) >= 11 is 1.24. The molecular formula is C24H24N4O5S. The lowest BCUT2D eigenvalue weighted by molar-refractivity contribution is 0.183. The van der Waals surface area contributed by atoms with Crippen LogP contribution in [0.25, 0.3) is 11.4 Å². The molecule has 0 saturated carbocycles. The largest absolute Gasteiger partial charge is 0.490 e. The average Bonchev–Trinajstić information content (AvgIpc) is 3.30. The van der Waals surface area contributed by atoms with Gasteiger partial charge in [-0.15, -0.1) is 11.8 Å². The monoisotopic (exact) mass is 480 g/mol. The van der Waals surface area contributed by atoms with Gasteiger partial charge in [0, 0.05) is 18.1 Å². The Labute approximate surface area is 201 Å². The summed E-state index contributed by atoms with van der Waals surface area (Å²) in [6.07, 6.45) is 2.66. The van der Waals surface area contributed by atoms with E-state index in [0.29, 0.717) is 51.6 Å². The SMILES string of the molecule is C=CCOc1cc(CO)cc(C(=Nc2ccc(-c3noc(C)n3)cc2)C(=NC(=O)OC)SC)c1. The number of methoxy groups -OCH3 is 1. The minimum absolute atomic E-state index is 0.201. The fraction of sp³-hybridized carbons (Fsp3) is 0.208. The Hall–Kier alpha value is -3.76. The van der Waals surface area contributed by atoms with Crippen LogP contribution in [0.3, 0.4) is 0 Å². The van der Waals surface area contributed by atoms with E-state index in [4.69, 9.17) is 19.0 Å². The second-order valence-corrected chi connectivity index (χ2v) is 7.65. The molecule has 176 valence electrons. The first-order chi connectivity index (χ1) is 16.5. The van der Waals surface area contributed by atoms with Crippen LogP contribution in [0.1, 0.15) is 17.0 Å². The number of hydrogen-bond donors (Lipinski definition) is 1. The number of carbonyl (C=O) groups is 1. The maximum absolute atomic E-state index is 11.9. The maximum atomic E-state index is 11.9. The standard InChI is InChI=1S/C24H24N4O5S/c1-5-10-32-20-12-16(14-29)11-18(13-20)21(23(34-4)27-24(30)31-3)26-19-8-6-17(7-9-19)22-25-15(2)33-28-22/h5-9,11-13,29H,1,10,14H2,2-4H3.